The molecule has 124 valence electrons. The summed E-state index contributed by atoms with van der Waals surface area (Å²) in [5, 5.41) is 20.5. The summed E-state index contributed by atoms with van der Waals surface area (Å²) in [6, 6.07) is 12.0. The average Bonchev–Trinajstić information content (AvgIpc) is 2.61. The SMILES string of the molecule is Cc1nc(N2CCC(O)(c3ccccc3)CC2)c(C#N)c(C)c1N. The first-order chi connectivity index (χ1) is 11.5. The maximum atomic E-state index is 11.0. The number of aliphatic hydroxyl groups is 1. The van der Waals surface area contributed by atoms with Crippen LogP contribution in [0.1, 0.15) is 35.2 Å². The predicted octanol–water partition coefficient (Wildman–Crippen LogP) is 2.64. The Morgan fingerprint density at radius 3 is 2.42 bits per heavy atom. The van der Waals surface area contributed by atoms with Gasteiger partial charge in [0.2, 0.25) is 0 Å². The van der Waals surface area contributed by atoms with Crippen LogP contribution in [0.4, 0.5) is 11.5 Å². The number of anilines is 2. The molecule has 24 heavy (non-hydrogen) atoms. The van der Waals surface area contributed by atoms with Crippen molar-refractivity contribution in [2.24, 2.45) is 0 Å². The van der Waals surface area contributed by atoms with Crippen LogP contribution in [0.15, 0.2) is 30.3 Å². The molecule has 1 aromatic carbocycles. The third kappa shape index (κ3) is 2.70. The van der Waals surface area contributed by atoms with Crippen LogP contribution in [0, 0.1) is 25.2 Å². The van der Waals surface area contributed by atoms with Crippen molar-refractivity contribution in [2.75, 3.05) is 23.7 Å². The summed E-state index contributed by atoms with van der Waals surface area (Å²) in [5.74, 6) is 0.678. The third-order valence-electron chi connectivity index (χ3n) is 4.98. The number of aromatic nitrogens is 1. The fourth-order valence-electron chi connectivity index (χ4n) is 3.34. The average molecular weight is 322 g/mol. The second-order valence-electron chi connectivity index (χ2n) is 6.43. The lowest BCUT2D eigenvalue weighted by molar-refractivity contribution is 0.0116. The highest BCUT2D eigenvalue weighted by Gasteiger charge is 2.35. The van der Waals surface area contributed by atoms with Crippen molar-refractivity contribution in [3.63, 3.8) is 0 Å². The van der Waals surface area contributed by atoms with Crippen LogP contribution in [0.5, 0.6) is 0 Å². The van der Waals surface area contributed by atoms with Gasteiger partial charge in [-0.15, -0.1) is 0 Å². The van der Waals surface area contributed by atoms with Crippen molar-refractivity contribution in [1.82, 2.24) is 4.98 Å². The van der Waals surface area contributed by atoms with Gasteiger partial charge in [-0.1, -0.05) is 30.3 Å². The van der Waals surface area contributed by atoms with Gasteiger partial charge in [-0.2, -0.15) is 5.26 Å². The van der Waals surface area contributed by atoms with E-state index in [0.717, 1.165) is 16.8 Å². The zero-order chi connectivity index (χ0) is 17.3. The third-order valence-corrected chi connectivity index (χ3v) is 4.98. The van der Waals surface area contributed by atoms with E-state index in [2.05, 4.69) is 16.0 Å². The molecule has 1 aromatic heterocycles. The summed E-state index contributed by atoms with van der Waals surface area (Å²) in [5.41, 5.74) is 8.76. The quantitative estimate of drug-likeness (QED) is 0.887. The largest absolute Gasteiger partial charge is 0.397 e. The molecule has 1 aliphatic rings. The number of piperidine rings is 1. The van der Waals surface area contributed by atoms with Crippen molar-refractivity contribution >= 4 is 11.5 Å². The first-order valence-electron chi connectivity index (χ1n) is 8.16. The molecule has 5 heteroatoms. The number of nitrogens with zero attached hydrogens (tertiary/aromatic N) is 3. The zero-order valence-corrected chi connectivity index (χ0v) is 14.1. The molecule has 2 aromatic rings. The number of nitrogen functional groups attached to an aromatic ring is 1. The Morgan fingerprint density at radius 2 is 1.83 bits per heavy atom. The zero-order valence-electron chi connectivity index (χ0n) is 14.1. The molecule has 0 unspecified atom stereocenters. The van der Waals surface area contributed by atoms with E-state index in [9.17, 15) is 10.4 Å². The van der Waals surface area contributed by atoms with Gasteiger partial charge in [-0.05, 0) is 37.8 Å². The molecule has 0 amide bonds. The van der Waals surface area contributed by atoms with Gasteiger partial charge in [0, 0.05) is 13.1 Å². The summed E-state index contributed by atoms with van der Waals surface area (Å²) < 4.78 is 0. The van der Waals surface area contributed by atoms with E-state index in [4.69, 9.17) is 5.73 Å². The van der Waals surface area contributed by atoms with Crippen LogP contribution < -0.4 is 10.6 Å². The maximum absolute atomic E-state index is 11.0. The molecule has 0 spiro atoms. The van der Waals surface area contributed by atoms with E-state index in [-0.39, 0.29) is 0 Å². The van der Waals surface area contributed by atoms with E-state index in [1.807, 2.05) is 44.2 Å². The Labute approximate surface area is 142 Å². The molecule has 1 fully saturated rings. The minimum atomic E-state index is -0.817. The minimum absolute atomic E-state index is 0.531. The number of hydrogen-bond donors (Lipinski definition) is 2. The summed E-state index contributed by atoms with van der Waals surface area (Å²) >= 11 is 0. The Kier molecular flexibility index (Phi) is 4.16. The van der Waals surface area contributed by atoms with Crippen molar-refractivity contribution in [3.05, 3.63) is 52.7 Å². The highest BCUT2D eigenvalue weighted by molar-refractivity contribution is 5.67. The first kappa shape index (κ1) is 16.3. The Bertz CT molecular complexity index is 787. The molecule has 1 saturated heterocycles. The summed E-state index contributed by atoms with van der Waals surface area (Å²) in [4.78, 5) is 6.62. The van der Waals surface area contributed by atoms with E-state index in [1.165, 1.54) is 0 Å². The predicted molar refractivity (Wildman–Crippen MR) is 94.6 cm³/mol. The van der Waals surface area contributed by atoms with Crippen LogP contribution in [0.25, 0.3) is 0 Å². The molecule has 0 aliphatic carbocycles. The minimum Gasteiger partial charge on any atom is -0.397 e. The van der Waals surface area contributed by atoms with Crippen LogP contribution in [-0.4, -0.2) is 23.2 Å². The van der Waals surface area contributed by atoms with Crippen LogP contribution in [-0.2, 0) is 5.60 Å². The van der Waals surface area contributed by atoms with Gasteiger partial charge in [-0.25, -0.2) is 4.98 Å². The molecule has 0 radical (unpaired) electrons. The lowest BCUT2D eigenvalue weighted by Crippen LogP contribution is -2.43. The van der Waals surface area contributed by atoms with Crippen molar-refractivity contribution < 1.29 is 5.11 Å². The number of rotatable bonds is 2. The first-order valence-corrected chi connectivity index (χ1v) is 8.16. The maximum Gasteiger partial charge on any atom is 0.147 e. The van der Waals surface area contributed by atoms with E-state index in [1.54, 1.807) is 0 Å². The molecule has 3 N–H and O–H groups in total. The molecule has 5 nitrogen and oxygen atoms in total. The van der Waals surface area contributed by atoms with Crippen LogP contribution >= 0.6 is 0 Å². The summed E-state index contributed by atoms with van der Waals surface area (Å²) in [6.07, 6.45) is 1.21. The monoisotopic (exact) mass is 322 g/mol. The van der Waals surface area contributed by atoms with E-state index < -0.39 is 5.60 Å². The number of benzene rings is 1. The molecule has 0 bridgehead atoms. The van der Waals surface area contributed by atoms with Gasteiger partial charge in [-0.3, -0.25) is 0 Å². The van der Waals surface area contributed by atoms with Crippen molar-refractivity contribution in [3.8, 4) is 6.07 Å². The van der Waals surface area contributed by atoms with Crippen molar-refractivity contribution in [1.29, 1.82) is 5.26 Å². The van der Waals surface area contributed by atoms with Gasteiger partial charge >= 0.3 is 0 Å². The lowest BCUT2D eigenvalue weighted by atomic mass is 9.84. The summed E-state index contributed by atoms with van der Waals surface area (Å²) in [6.45, 7) is 5.01. The van der Waals surface area contributed by atoms with Gasteiger partial charge < -0.3 is 15.7 Å². The number of nitrogens with two attached hydrogens (primary N) is 1. The smallest absolute Gasteiger partial charge is 0.147 e. The number of pyridine rings is 1. The summed E-state index contributed by atoms with van der Waals surface area (Å²) in [7, 11) is 0. The Morgan fingerprint density at radius 1 is 1.21 bits per heavy atom. The number of aryl methyl sites for hydroxylation is 1. The van der Waals surface area contributed by atoms with Crippen LogP contribution in [0.2, 0.25) is 0 Å². The standard InChI is InChI=1S/C19H22N4O/c1-13-16(12-20)18(22-14(2)17(13)21)23-10-8-19(24,9-11-23)15-6-4-3-5-7-15/h3-7,24H,8-11,21H2,1-2H3. The molecule has 3 rings (SSSR count). The molecular formula is C19H22N4O. The topological polar surface area (TPSA) is 86.2 Å². The highest BCUT2D eigenvalue weighted by Crippen LogP contribution is 2.36. The molecule has 1 aliphatic heterocycles. The molecule has 2 heterocycles. The number of nitriles is 1. The molecular weight excluding hydrogens is 300 g/mol. The van der Waals surface area contributed by atoms with Gasteiger partial charge in [0.15, 0.2) is 0 Å². The van der Waals surface area contributed by atoms with Gasteiger partial charge in [0.1, 0.15) is 11.9 Å². The van der Waals surface area contributed by atoms with E-state index in [0.29, 0.717) is 43.0 Å². The normalized spacial score (nSPS) is 16.7. The van der Waals surface area contributed by atoms with Crippen LogP contribution in [0.3, 0.4) is 0 Å². The van der Waals surface area contributed by atoms with Gasteiger partial charge in [0.05, 0.1) is 22.5 Å². The highest BCUT2D eigenvalue weighted by atomic mass is 16.3. The van der Waals surface area contributed by atoms with E-state index >= 15 is 0 Å². The molecule has 0 atom stereocenters. The Balaban J connectivity index is 1.87. The second-order valence-corrected chi connectivity index (χ2v) is 6.43. The van der Waals surface area contributed by atoms with Gasteiger partial charge in [0.25, 0.3) is 0 Å². The second kappa shape index (κ2) is 6.14. The fraction of sp³-hybridized carbons (Fsp3) is 0.368. The number of hydrogen-bond acceptors (Lipinski definition) is 5. The fourth-order valence-corrected chi connectivity index (χ4v) is 3.34. The molecule has 0 saturated carbocycles. The Hall–Kier alpha value is -2.58. The lowest BCUT2D eigenvalue weighted by Gasteiger charge is -2.39. The van der Waals surface area contributed by atoms with Crippen molar-refractivity contribution in [2.45, 2.75) is 32.3 Å².